The number of aromatic amines is 1. The fraction of sp³-hybridized carbons (Fsp3) is 0.529. The van der Waals surface area contributed by atoms with Crippen LogP contribution >= 0.6 is 11.8 Å². The highest BCUT2D eigenvalue weighted by atomic mass is 32.2. The van der Waals surface area contributed by atoms with E-state index in [2.05, 4.69) is 58.2 Å². The Bertz CT molecular complexity index is 5070. The van der Waals surface area contributed by atoms with Crippen molar-refractivity contribution in [3.8, 4) is 5.75 Å². The molecule has 0 radical (unpaired) electrons. The second-order valence-corrected chi connectivity index (χ2v) is 34.3. The number of likely N-dealkylation sites (N-methyl/N-ethyl adjacent to an activating group) is 3. The van der Waals surface area contributed by atoms with Crippen molar-refractivity contribution < 1.29 is 112 Å². The second-order valence-electron chi connectivity index (χ2n) is 33.2. The molecule has 0 aliphatic carbocycles. The molecule has 25 N–H and O–H groups in total. The van der Waals surface area contributed by atoms with Crippen molar-refractivity contribution in [2.45, 2.75) is 221 Å². The number of benzene rings is 3. The Kier molecular flexibility index (Phi) is 39.3. The minimum Gasteiger partial charge on any atom is -0.508 e. The van der Waals surface area contributed by atoms with Gasteiger partial charge in [-0.25, -0.2) is 0 Å². The van der Waals surface area contributed by atoms with E-state index in [-0.39, 0.29) is 70.2 Å². The molecule has 45 nitrogen and oxygen atoms in total. The first-order chi connectivity index (χ1) is 63.2. The second kappa shape index (κ2) is 49.8. The van der Waals surface area contributed by atoms with E-state index in [9.17, 15) is 78.0 Å². The number of para-hydroxylation sites is 2. The maximum absolute atomic E-state index is 15.8. The maximum atomic E-state index is 15.8. The zero-order valence-electron chi connectivity index (χ0n) is 74.9. The number of primary amides is 3. The van der Waals surface area contributed by atoms with Gasteiger partial charge in [-0.05, 0) is 92.9 Å². The van der Waals surface area contributed by atoms with E-state index >= 15 is 33.6 Å². The molecule has 724 valence electrons. The lowest BCUT2D eigenvalue weighted by molar-refractivity contribution is -0.149. The molecule has 0 spiro atoms. The molecule has 2 aromatic heterocycles. The molecule has 15 atom stereocenters. The van der Waals surface area contributed by atoms with Gasteiger partial charge in [-0.2, -0.15) is 0 Å². The molecule has 3 fully saturated rings. The number of hydrogen-bond acceptors (Lipinski definition) is 25. The summed E-state index contributed by atoms with van der Waals surface area (Å²) >= 11 is 0.741. The van der Waals surface area contributed by atoms with Gasteiger partial charge in [0.25, 0.3) is 0 Å². The van der Waals surface area contributed by atoms with Gasteiger partial charge in [-0.1, -0.05) is 88.1 Å². The van der Waals surface area contributed by atoms with Gasteiger partial charge < -0.3 is 136 Å². The highest BCUT2D eigenvalue weighted by Gasteiger charge is 2.47. The van der Waals surface area contributed by atoms with Crippen LogP contribution in [-0.4, -0.2) is 329 Å². The SMILES string of the molecule is CCCC[C@H]1C(=O)N(C)[C@@H](CCCC)C(=O)N[C@@H](CCN)C(=O)N[C@H](C(=O)NCC(N)=O)CSCC(=O)N[C@@H](Cc2ccc(O)cc2)C(=O)N(C)[C@@H](C)C(=O)N[C@H](CC(N)=O)C(=O)N2CCC[C@H]2C(=O)N[C@@H](CN)C(=O)N[C@@H](CCC(N)=O)C(=O)N2C[C@H](O)C[C@H]2C(=O)N[C@@H](Cc2c[nH]c3ccccc23)C(=O)N[C@@H](CO)C(=O)N[C@@H](Cc2cn(CC(=O)O)c3ccccc23)C(=O)N1C. The number of H-pyrrole nitrogens is 1. The summed E-state index contributed by atoms with van der Waals surface area (Å²) in [6.07, 6.45) is -1.02. The molecule has 46 heteroatoms. The summed E-state index contributed by atoms with van der Waals surface area (Å²) in [4.78, 5) is 280. The quantitative estimate of drug-likeness (QED) is 0.0245. The Labute approximate surface area is 770 Å². The van der Waals surface area contributed by atoms with Gasteiger partial charge in [0.1, 0.15) is 96.9 Å². The van der Waals surface area contributed by atoms with Crippen LogP contribution in [0.3, 0.4) is 0 Å². The number of aliphatic hydroxyl groups is 2. The number of phenols is 1. The molecule has 8 rings (SSSR count). The third-order valence-electron chi connectivity index (χ3n) is 23.5. The molecule has 3 aromatic carbocycles. The Morgan fingerprint density at radius 1 is 0.541 bits per heavy atom. The number of amides is 18. The fourth-order valence-electron chi connectivity index (χ4n) is 16.1. The van der Waals surface area contributed by atoms with Crippen molar-refractivity contribution >= 4 is 146 Å². The molecule has 5 heterocycles. The number of aliphatic carboxylic acids is 1. The Morgan fingerprint density at radius 3 is 1.75 bits per heavy atom. The van der Waals surface area contributed by atoms with E-state index in [0.717, 1.165) is 36.3 Å². The third-order valence-corrected chi connectivity index (χ3v) is 24.6. The number of nitrogens with two attached hydrogens (primary N) is 5. The minimum absolute atomic E-state index is 0.0509. The van der Waals surface area contributed by atoms with Crippen molar-refractivity contribution in [2.24, 2.45) is 28.7 Å². The molecule has 3 aliphatic rings. The van der Waals surface area contributed by atoms with Crippen molar-refractivity contribution in [3.05, 3.63) is 102 Å². The summed E-state index contributed by atoms with van der Waals surface area (Å²) in [7, 11) is 3.76. The molecule has 18 amide bonds. The number of nitrogens with zero attached hydrogens (tertiary/aromatic N) is 6. The summed E-state index contributed by atoms with van der Waals surface area (Å²) in [5.41, 5.74) is 30.9. The van der Waals surface area contributed by atoms with Crippen molar-refractivity contribution in [3.63, 3.8) is 0 Å². The summed E-state index contributed by atoms with van der Waals surface area (Å²) < 4.78 is 1.39. The van der Waals surface area contributed by atoms with E-state index in [1.165, 1.54) is 69.3 Å². The minimum atomic E-state index is -2.00. The monoisotopic (exact) mass is 1870 g/mol. The van der Waals surface area contributed by atoms with Crippen LogP contribution in [0.4, 0.5) is 0 Å². The van der Waals surface area contributed by atoms with Crippen LogP contribution < -0.4 is 81.8 Å². The molecular weight excluding hydrogens is 1750 g/mol. The largest absolute Gasteiger partial charge is 0.508 e. The van der Waals surface area contributed by atoms with Gasteiger partial charge in [0.15, 0.2) is 0 Å². The number of thioether (sulfide) groups is 1. The van der Waals surface area contributed by atoms with Crippen molar-refractivity contribution in [1.82, 2.24) is 87.2 Å². The standard InChI is InChI=1S/C87H122N22O23S/c1-7-9-19-65-80(125)96-55(29-30-88)76(121)103-63(75(120)94-39-71(92)115)44-133-45-72(116)95-58(32-47-23-25-50(111)26-24-47)83(128)104(4)46(3)74(119)99-60(36-70(91)114)86(131)108-31-15-22-66(108)81(126)101-61(37-89)78(123)97-56(27-28-69(90)113)85(130)109-41-51(112)35-68(109)82(127)98-57(33-48-38-93-54-18-13-11-16-52(48)54)77(122)102-62(43-110)79(124)100-59(84(129)106(6)67(20-10-8-2)87(132)105(65)5)34-49-40-107(42-73(117)118)64-21-14-12-17-53(49)64/h11-14,16-18,21,23-26,38,40,46,51,55-63,65-68,93,110-112H,7-10,15,19-20,22,27-37,39,41-45,88-89H2,1-6H3,(H2,90,113)(H2,91,114)(H2,92,115)(H,94,120)(H,95,116)(H,96,125)(H,97,123)(H,98,127)(H,99,119)(H,100,124)(H,101,126)(H,102,122)(H,103,121)(H,117,118)/t46-,51+,55-,56-,57-,58-,59-,60+,61-,62-,63-,65-,66-,67-,68-/m0/s1. The first kappa shape index (κ1) is 105. The van der Waals surface area contributed by atoms with Gasteiger partial charge >= 0.3 is 5.97 Å². The van der Waals surface area contributed by atoms with Crippen LogP contribution in [-0.2, 0) is 117 Å². The highest BCUT2D eigenvalue weighted by molar-refractivity contribution is 8.00. The van der Waals surface area contributed by atoms with Crippen LogP contribution in [0.25, 0.3) is 21.8 Å². The van der Waals surface area contributed by atoms with E-state index in [1.54, 1.807) is 62.4 Å². The van der Waals surface area contributed by atoms with Crippen molar-refractivity contribution in [1.29, 1.82) is 0 Å². The lowest BCUT2D eigenvalue weighted by Crippen LogP contribution is -2.62. The summed E-state index contributed by atoms with van der Waals surface area (Å²) in [5.74, 6) is -20.8. The van der Waals surface area contributed by atoms with E-state index in [1.807, 2.05) is 0 Å². The molecule has 0 unspecified atom stereocenters. The summed E-state index contributed by atoms with van der Waals surface area (Å²) in [5, 5.41) is 69.1. The third kappa shape index (κ3) is 28.8. The number of aromatic hydroxyl groups is 1. The maximum Gasteiger partial charge on any atom is 0.323 e. The van der Waals surface area contributed by atoms with Crippen LogP contribution in [0.2, 0.25) is 0 Å². The van der Waals surface area contributed by atoms with E-state index in [0.29, 0.717) is 57.8 Å². The number of unbranched alkanes of at least 4 members (excludes halogenated alkanes) is 2. The number of rotatable bonds is 26. The first-order valence-corrected chi connectivity index (χ1v) is 45.0. The number of aliphatic hydroxyl groups excluding tert-OH is 2. The molecule has 5 aromatic rings. The van der Waals surface area contributed by atoms with Crippen LogP contribution in [0.1, 0.15) is 121 Å². The van der Waals surface area contributed by atoms with Gasteiger partial charge in [0, 0.05) is 113 Å². The number of carboxylic acid groups (broad SMARTS) is 1. The fourth-order valence-corrected chi connectivity index (χ4v) is 17.0. The number of carboxylic acids is 1. The lowest BCUT2D eigenvalue weighted by atomic mass is 10.00. The molecular formula is C87H122N22O23S. The number of phenolic OH excluding ortho intramolecular Hbond substituents is 1. The normalized spacial score (nSPS) is 24.9. The molecule has 0 bridgehead atoms. The predicted molar refractivity (Wildman–Crippen MR) is 481 cm³/mol. The summed E-state index contributed by atoms with van der Waals surface area (Å²) in [6, 6.07) is -4.31. The van der Waals surface area contributed by atoms with Crippen LogP contribution in [0, 0.1) is 0 Å². The zero-order valence-corrected chi connectivity index (χ0v) is 75.8. The molecule has 0 saturated carbocycles. The number of aromatic nitrogens is 2. The number of fused-ring (bicyclic) bond motifs is 4. The Balaban J connectivity index is 1.20. The van der Waals surface area contributed by atoms with Gasteiger partial charge in [0.05, 0.1) is 31.4 Å². The van der Waals surface area contributed by atoms with Gasteiger partial charge in [-0.15, -0.1) is 11.8 Å². The Morgan fingerprint density at radius 2 is 1.11 bits per heavy atom. The zero-order chi connectivity index (χ0) is 97.8. The predicted octanol–water partition coefficient (Wildman–Crippen LogP) is -6.07. The number of carbonyl (C=O) groups excluding carboxylic acids is 18. The molecule has 133 heavy (non-hydrogen) atoms. The lowest BCUT2D eigenvalue weighted by Gasteiger charge is -2.36. The van der Waals surface area contributed by atoms with E-state index in [4.69, 9.17) is 28.7 Å². The first-order valence-electron chi connectivity index (χ1n) is 43.9. The summed E-state index contributed by atoms with van der Waals surface area (Å²) in [6.45, 7) is 0.632. The Hall–Kier alpha value is -13.3. The number of nitrogens with one attached hydrogen (secondary N) is 11. The smallest absolute Gasteiger partial charge is 0.323 e. The average Bonchev–Trinajstić information content (AvgIpc) is 1.64. The highest BCUT2D eigenvalue weighted by Crippen LogP contribution is 2.29. The van der Waals surface area contributed by atoms with Crippen LogP contribution in [0.5, 0.6) is 5.75 Å². The van der Waals surface area contributed by atoms with Crippen molar-refractivity contribution in [2.75, 3.05) is 72.0 Å². The van der Waals surface area contributed by atoms with E-state index < -0.39 is 279 Å². The average molecular weight is 1880 g/mol. The molecule has 3 saturated heterocycles. The van der Waals surface area contributed by atoms with Gasteiger partial charge in [-0.3, -0.25) is 91.1 Å². The molecule has 3 aliphatic heterocycles. The number of hydrogen-bond donors (Lipinski definition) is 20. The number of carbonyl (C=O) groups is 19. The topological polar surface area (TPSA) is 693 Å². The van der Waals surface area contributed by atoms with Gasteiger partial charge in [0.2, 0.25) is 106 Å². The van der Waals surface area contributed by atoms with Crippen LogP contribution in [0.15, 0.2) is 85.2 Å².